The number of ketones is 1. The summed E-state index contributed by atoms with van der Waals surface area (Å²) in [4.78, 5) is 29.3. The van der Waals surface area contributed by atoms with Crippen LogP contribution in [0.2, 0.25) is 0 Å². The number of phenolic OH excluding ortho intramolecular Hbond substituents is 1. The third kappa shape index (κ3) is 4.55. The van der Waals surface area contributed by atoms with E-state index in [9.17, 15) is 19.8 Å². The summed E-state index contributed by atoms with van der Waals surface area (Å²) in [5.74, 6) is -1.22. The summed E-state index contributed by atoms with van der Waals surface area (Å²) < 4.78 is 10.7. The molecule has 1 heterocycles. The van der Waals surface area contributed by atoms with Crippen molar-refractivity contribution in [1.82, 2.24) is 9.80 Å². The molecule has 0 radical (unpaired) electrons. The monoisotopic (exact) mass is 440 g/mol. The molecule has 2 aromatic carbocycles. The van der Waals surface area contributed by atoms with E-state index in [0.29, 0.717) is 30.2 Å². The van der Waals surface area contributed by atoms with E-state index < -0.39 is 23.5 Å². The van der Waals surface area contributed by atoms with Crippen molar-refractivity contribution < 1.29 is 29.3 Å². The van der Waals surface area contributed by atoms with Crippen molar-refractivity contribution in [2.24, 2.45) is 0 Å². The maximum Gasteiger partial charge on any atom is 0.295 e. The SMILES string of the molecule is CCOc1cccc([C@H]2C(=C(O)c3ccc(OC)cc3O)C(=O)C(=O)N2CCN(C)C)c1. The Labute approximate surface area is 187 Å². The fourth-order valence-corrected chi connectivity index (χ4v) is 3.69. The highest BCUT2D eigenvalue weighted by atomic mass is 16.5. The molecule has 1 saturated heterocycles. The number of rotatable bonds is 8. The summed E-state index contributed by atoms with van der Waals surface area (Å²) in [5.41, 5.74) is 0.591. The van der Waals surface area contributed by atoms with Crippen molar-refractivity contribution in [3.05, 3.63) is 59.2 Å². The van der Waals surface area contributed by atoms with E-state index in [-0.39, 0.29) is 23.4 Å². The minimum atomic E-state index is -0.822. The quantitative estimate of drug-likeness (QED) is 0.370. The van der Waals surface area contributed by atoms with Gasteiger partial charge in [0.15, 0.2) is 0 Å². The van der Waals surface area contributed by atoms with Crippen LogP contribution in [0.25, 0.3) is 5.76 Å². The van der Waals surface area contributed by atoms with E-state index in [4.69, 9.17) is 9.47 Å². The highest BCUT2D eigenvalue weighted by molar-refractivity contribution is 6.46. The van der Waals surface area contributed by atoms with Crippen LogP contribution in [0.5, 0.6) is 17.2 Å². The van der Waals surface area contributed by atoms with E-state index in [1.165, 1.54) is 24.1 Å². The maximum absolute atomic E-state index is 13.0. The van der Waals surface area contributed by atoms with Gasteiger partial charge in [-0.1, -0.05) is 12.1 Å². The first-order chi connectivity index (χ1) is 15.3. The van der Waals surface area contributed by atoms with Gasteiger partial charge in [-0.05, 0) is 50.8 Å². The van der Waals surface area contributed by atoms with Crippen LogP contribution in [0.1, 0.15) is 24.1 Å². The number of carbonyl (C=O) groups is 2. The second-order valence-corrected chi connectivity index (χ2v) is 7.68. The van der Waals surface area contributed by atoms with E-state index in [1.807, 2.05) is 25.9 Å². The molecule has 2 N–H and O–H groups in total. The molecule has 0 spiro atoms. The van der Waals surface area contributed by atoms with Crippen molar-refractivity contribution in [2.75, 3.05) is 40.9 Å². The van der Waals surface area contributed by atoms with Gasteiger partial charge < -0.3 is 29.5 Å². The van der Waals surface area contributed by atoms with Gasteiger partial charge >= 0.3 is 0 Å². The molecule has 1 fully saturated rings. The van der Waals surface area contributed by atoms with Gasteiger partial charge in [-0.3, -0.25) is 9.59 Å². The number of aliphatic hydroxyl groups excluding tert-OH is 1. The van der Waals surface area contributed by atoms with E-state index in [2.05, 4.69) is 0 Å². The van der Waals surface area contributed by atoms with Crippen LogP contribution in [0.3, 0.4) is 0 Å². The minimum Gasteiger partial charge on any atom is -0.507 e. The normalized spacial score (nSPS) is 17.8. The van der Waals surface area contributed by atoms with Crippen LogP contribution in [-0.2, 0) is 9.59 Å². The largest absolute Gasteiger partial charge is 0.507 e. The molecule has 3 rings (SSSR count). The molecule has 1 atom stereocenters. The van der Waals surface area contributed by atoms with Crippen LogP contribution in [0, 0.1) is 0 Å². The van der Waals surface area contributed by atoms with Crippen molar-refractivity contribution in [3.8, 4) is 17.2 Å². The predicted molar refractivity (Wildman–Crippen MR) is 120 cm³/mol. The predicted octanol–water partition coefficient (Wildman–Crippen LogP) is 2.78. The number of nitrogens with zero attached hydrogens (tertiary/aromatic N) is 2. The number of Topliss-reactive ketones (excluding diaryl/α,β-unsaturated/α-hetero) is 1. The van der Waals surface area contributed by atoms with Crippen LogP contribution >= 0.6 is 0 Å². The molecule has 1 aliphatic rings. The van der Waals surface area contributed by atoms with E-state index in [1.54, 1.807) is 30.3 Å². The molecule has 0 aromatic heterocycles. The number of hydrogen-bond acceptors (Lipinski definition) is 7. The molecule has 2 aromatic rings. The second-order valence-electron chi connectivity index (χ2n) is 7.68. The van der Waals surface area contributed by atoms with E-state index >= 15 is 0 Å². The molecule has 0 unspecified atom stereocenters. The molecule has 32 heavy (non-hydrogen) atoms. The van der Waals surface area contributed by atoms with E-state index in [0.717, 1.165) is 0 Å². The number of methoxy groups -OCH3 is 1. The number of ether oxygens (including phenoxy) is 2. The van der Waals surface area contributed by atoms with Crippen molar-refractivity contribution >= 4 is 17.4 Å². The summed E-state index contributed by atoms with van der Waals surface area (Å²) in [6, 6.07) is 10.6. The number of amides is 1. The Hall–Kier alpha value is -3.52. The molecular formula is C24H28N2O6. The lowest BCUT2D eigenvalue weighted by Gasteiger charge is -2.27. The first-order valence-corrected chi connectivity index (χ1v) is 10.3. The molecule has 0 saturated carbocycles. The van der Waals surface area contributed by atoms with Gasteiger partial charge in [0.25, 0.3) is 11.7 Å². The number of aromatic hydroxyl groups is 1. The Morgan fingerprint density at radius 3 is 2.50 bits per heavy atom. The third-order valence-corrected chi connectivity index (χ3v) is 5.27. The zero-order valence-corrected chi connectivity index (χ0v) is 18.7. The number of phenols is 1. The number of benzene rings is 2. The van der Waals surface area contributed by atoms with Crippen LogP contribution in [0.4, 0.5) is 0 Å². The highest BCUT2D eigenvalue weighted by Crippen LogP contribution is 2.41. The lowest BCUT2D eigenvalue weighted by Crippen LogP contribution is -2.35. The number of aliphatic hydroxyl groups is 1. The topological polar surface area (TPSA) is 99.5 Å². The average Bonchev–Trinajstić information content (AvgIpc) is 3.02. The zero-order valence-electron chi connectivity index (χ0n) is 18.7. The van der Waals surface area contributed by atoms with Crippen molar-refractivity contribution in [2.45, 2.75) is 13.0 Å². The third-order valence-electron chi connectivity index (χ3n) is 5.27. The molecule has 8 nitrogen and oxygen atoms in total. The Bertz CT molecular complexity index is 1050. The Balaban J connectivity index is 2.17. The molecule has 8 heteroatoms. The van der Waals surface area contributed by atoms with Gasteiger partial charge in [0.2, 0.25) is 0 Å². The molecular weight excluding hydrogens is 412 g/mol. The van der Waals surface area contributed by atoms with Crippen molar-refractivity contribution in [3.63, 3.8) is 0 Å². The average molecular weight is 440 g/mol. The van der Waals surface area contributed by atoms with Crippen LogP contribution in [0.15, 0.2) is 48.0 Å². The van der Waals surface area contributed by atoms with Gasteiger partial charge in [-0.15, -0.1) is 0 Å². The summed E-state index contributed by atoms with van der Waals surface area (Å²) >= 11 is 0. The lowest BCUT2D eigenvalue weighted by atomic mass is 9.94. The Morgan fingerprint density at radius 2 is 1.88 bits per heavy atom. The zero-order chi connectivity index (χ0) is 23.4. The standard InChI is InChI=1S/C24H28N2O6/c1-5-32-17-8-6-7-15(13-17)21-20(23(29)24(30)26(21)12-11-25(2)3)22(28)18-10-9-16(31-4)14-19(18)27/h6-10,13-14,21,27-28H,5,11-12H2,1-4H3/t21-/m0/s1. The molecule has 1 aliphatic heterocycles. The summed E-state index contributed by atoms with van der Waals surface area (Å²) in [6.45, 7) is 3.14. The number of carbonyl (C=O) groups excluding carboxylic acids is 2. The van der Waals surface area contributed by atoms with Crippen molar-refractivity contribution in [1.29, 1.82) is 0 Å². The fraction of sp³-hybridized carbons (Fsp3) is 0.333. The summed E-state index contributed by atoms with van der Waals surface area (Å²) in [6.07, 6.45) is 0. The van der Waals surface area contributed by atoms with Gasteiger partial charge in [-0.25, -0.2) is 0 Å². The van der Waals surface area contributed by atoms with Crippen LogP contribution < -0.4 is 9.47 Å². The summed E-state index contributed by atoms with van der Waals surface area (Å²) in [7, 11) is 5.20. The lowest BCUT2D eigenvalue weighted by molar-refractivity contribution is -0.140. The highest BCUT2D eigenvalue weighted by Gasteiger charge is 2.46. The number of hydrogen-bond donors (Lipinski definition) is 2. The first kappa shape index (κ1) is 23.1. The minimum absolute atomic E-state index is 0.0439. The van der Waals surface area contributed by atoms with Gasteiger partial charge in [0.1, 0.15) is 23.0 Å². The maximum atomic E-state index is 13.0. The smallest absolute Gasteiger partial charge is 0.295 e. The molecule has 0 aliphatic carbocycles. The Kier molecular flexibility index (Phi) is 7.05. The molecule has 1 amide bonds. The first-order valence-electron chi connectivity index (χ1n) is 10.3. The number of likely N-dealkylation sites (tertiary alicyclic amines) is 1. The van der Waals surface area contributed by atoms with Crippen LogP contribution in [-0.4, -0.2) is 72.6 Å². The summed E-state index contributed by atoms with van der Waals surface area (Å²) in [5, 5.41) is 21.5. The number of likely N-dealkylation sites (N-methyl/N-ethyl adjacent to an activating group) is 1. The van der Waals surface area contributed by atoms with Gasteiger partial charge in [0.05, 0.1) is 30.9 Å². The van der Waals surface area contributed by atoms with Gasteiger partial charge in [-0.2, -0.15) is 0 Å². The molecule has 170 valence electrons. The Morgan fingerprint density at radius 1 is 1.12 bits per heavy atom. The molecule has 0 bridgehead atoms. The fourth-order valence-electron chi connectivity index (χ4n) is 3.69. The second kappa shape index (κ2) is 9.74. The van der Waals surface area contributed by atoms with Gasteiger partial charge in [0, 0.05) is 19.2 Å².